The first-order valence-corrected chi connectivity index (χ1v) is 8.96. The van der Waals surface area contributed by atoms with Crippen molar-refractivity contribution in [1.82, 2.24) is 15.5 Å². The Bertz CT molecular complexity index is 574. The first-order chi connectivity index (χ1) is 11.6. The second kappa shape index (κ2) is 11.3. The van der Waals surface area contributed by atoms with Gasteiger partial charge in [0.1, 0.15) is 0 Å². The highest BCUT2D eigenvalue weighted by molar-refractivity contribution is 14.0. The molecule has 1 aromatic rings. The normalized spacial score (nSPS) is 14.6. The molecule has 1 aliphatic rings. The van der Waals surface area contributed by atoms with Crippen LogP contribution >= 0.6 is 24.0 Å². The maximum absolute atomic E-state index is 11.8. The Morgan fingerprint density at radius 2 is 2.04 bits per heavy atom. The summed E-state index contributed by atoms with van der Waals surface area (Å²) in [5, 5.41) is 6.63. The molecule has 1 aliphatic heterocycles. The lowest BCUT2D eigenvalue weighted by Crippen LogP contribution is -2.39. The second-order valence-corrected chi connectivity index (χ2v) is 6.71. The van der Waals surface area contributed by atoms with Crippen LogP contribution in [0.5, 0.6) is 0 Å². The average molecular weight is 458 g/mol. The summed E-state index contributed by atoms with van der Waals surface area (Å²) in [7, 11) is 0. The minimum atomic E-state index is 0. The molecule has 0 atom stereocenters. The number of hydrogen-bond acceptors (Lipinski definition) is 2. The Labute approximate surface area is 168 Å². The standard InChI is InChI=1S/C19H30N4O.HI/c1-4-20-19(21-12-15(2)3)22-13-16-7-5-8-17(11-16)14-23-10-6-9-18(23)24;/h5,7-8,11,15H,4,6,9-10,12-14H2,1-3H3,(H2,20,21,22);1H. The van der Waals surface area contributed by atoms with E-state index in [2.05, 4.69) is 60.7 Å². The fourth-order valence-corrected chi connectivity index (χ4v) is 2.73. The minimum Gasteiger partial charge on any atom is -0.357 e. The average Bonchev–Trinajstić information content (AvgIpc) is 2.95. The van der Waals surface area contributed by atoms with Crippen LogP contribution in [0.3, 0.4) is 0 Å². The number of nitrogens with zero attached hydrogens (tertiary/aromatic N) is 2. The van der Waals surface area contributed by atoms with Gasteiger partial charge < -0.3 is 15.5 Å². The highest BCUT2D eigenvalue weighted by Crippen LogP contribution is 2.15. The van der Waals surface area contributed by atoms with E-state index in [-0.39, 0.29) is 29.9 Å². The quantitative estimate of drug-likeness (QED) is 0.375. The third-order valence-electron chi connectivity index (χ3n) is 3.98. The maximum atomic E-state index is 11.8. The smallest absolute Gasteiger partial charge is 0.222 e. The van der Waals surface area contributed by atoms with Crippen LogP contribution in [0.1, 0.15) is 44.7 Å². The summed E-state index contributed by atoms with van der Waals surface area (Å²) in [6.45, 7) is 10.4. The Morgan fingerprint density at radius 1 is 1.28 bits per heavy atom. The number of guanidine groups is 1. The molecule has 6 heteroatoms. The summed E-state index contributed by atoms with van der Waals surface area (Å²) in [6, 6.07) is 8.38. The van der Waals surface area contributed by atoms with Crippen LogP contribution in [0.15, 0.2) is 29.3 Å². The summed E-state index contributed by atoms with van der Waals surface area (Å²) in [5.41, 5.74) is 2.35. The first-order valence-electron chi connectivity index (χ1n) is 8.96. The van der Waals surface area contributed by atoms with Crippen molar-refractivity contribution in [2.75, 3.05) is 19.6 Å². The van der Waals surface area contributed by atoms with Crippen LogP contribution in [0.2, 0.25) is 0 Å². The lowest BCUT2D eigenvalue weighted by molar-refractivity contribution is -0.128. The summed E-state index contributed by atoms with van der Waals surface area (Å²) in [5.74, 6) is 1.70. The number of nitrogens with one attached hydrogen (secondary N) is 2. The zero-order valence-corrected chi connectivity index (χ0v) is 17.9. The molecule has 1 fully saturated rings. The van der Waals surface area contributed by atoms with Gasteiger partial charge in [0.2, 0.25) is 5.91 Å². The molecule has 1 aromatic carbocycles. The maximum Gasteiger partial charge on any atom is 0.222 e. The van der Waals surface area contributed by atoms with Gasteiger partial charge in [0.25, 0.3) is 0 Å². The van der Waals surface area contributed by atoms with E-state index in [0.717, 1.165) is 32.0 Å². The molecule has 2 N–H and O–H groups in total. The summed E-state index contributed by atoms with van der Waals surface area (Å²) >= 11 is 0. The zero-order valence-electron chi connectivity index (χ0n) is 15.5. The van der Waals surface area contributed by atoms with Crippen molar-refractivity contribution in [2.24, 2.45) is 10.9 Å². The van der Waals surface area contributed by atoms with E-state index in [1.165, 1.54) is 11.1 Å². The van der Waals surface area contributed by atoms with Gasteiger partial charge in [-0.3, -0.25) is 4.79 Å². The van der Waals surface area contributed by atoms with E-state index in [1.807, 2.05) is 4.90 Å². The van der Waals surface area contributed by atoms with E-state index < -0.39 is 0 Å². The van der Waals surface area contributed by atoms with Crippen molar-refractivity contribution < 1.29 is 4.79 Å². The molecule has 0 aliphatic carbocycles. The molecule has 0 aromatic heterocycles. The molecular formula is C19H31IN4O. The van der Waals surface area contributed by atoms with Crippen LogP contribution in [0.25, 0.3) is 0 Å². The van der Waals surface area contributed by atoms with Crippen molar-refractivity contribution in [1.29, 1.82) is 0 Å². The SMILES string of the molecule is CCNC(=NCc1cccc(CN2CCCC2=O)c1)NCC(C)C.I. The van der Waals surface area contributed by atoms with Crippen molar-refractivity contribution in [2.45, 2.75) is 46.7 Å². The third kappa shape index (κ3) is 7.63. The number of carbonyl (C=O) groups is 1. The molecule has 140 valence electrons. The van der Waals surface area contributed by atoms with Crippen LogP contribution in [0.4, 0.5) is 0 Å². The molecule has 1 heterocycles. The van der Waals surface area contributed by atoms with Gasteiger partial charge in [-0.15, -0.1) is 24.0 Å². The van der Waals surface area contributed by atoms with Gasteiger partial charge >= 0.3 is 0 Å². The van der Waals surface area contributed by atoms with Crippen LogP contribution in [0, 0.1) is 5.92 Å². The molecule has 5 nitrogen and oxygen atoms in total. The van der Waals surface area contributed by atoms with Gasteiger partial charge in [-0.2, -0.15) is 0 Å². The third-order valence-corrected chi connectivity index (χ3v) is 3.98. The molecule has 0 radical (unpaired) electrons. The van der Waals surface area contributed by atoms with E-state index in [9.17, 15) is 4.79 Å². The van der Waals surface area contributed by atoms with E-state index in [0.29, 0.717) is 25.4 Å². The van der Waals surface area contributed by atoms with Crippen LogP contribution in [-0.4, -0.2) is 36.4 Å². The van der Waals surface area contributed by atoms with Gasteiger partial charge in [-0.05, 0) is 30.4 Å². The Kier molecular flexibility index (Phi) is 9.85. The molecule has 25 heavy (non-hydrogen) atoms. The molecule has 0 spiro atoms. The highest BCUT2D eigenvalue weighted by Gasteiger charge is 2.19. The lowest BCUT2D eigenvalue weighted by Gasteiger charge is -2.16. The van der Waals surface area contributed by atoms with E-state index in [4.69, 9.17) is 0 Å². The minimum absolute atomic E-state index is 0. The van der Waals surface area contributed by atoms with E-state index in [1.54, 1.807) is 0 Å². The van der Waals surface area contributed by atoms with Gasteiger partial charge in [0.15, 0.2) is 5.96 Å². The number of rotatable bonds is 7. The molecule has 0 saturated carbocycles. The van der Waals surface area contributed by atoms with E-state index >= 15 is 0 Å². The highest BCUT2D eigenvalue weighted by atomic mass is 127. The Hall–Kier alpha value is -1.31. The Balaban J connectivity index is 0.00000312. The largest absolute Gasteiger partial charge is 0.357 e. The number of aliphatic imine (C=N–C) groups is 1. The summed E-state index contributed by atoms with van der Waals surface area (Å²) in [4.78, 5) is 18.4. The predicted molar refractivity (Wildman–Crippen MR) is 114 cm³/mol. The molecule has 2 rings (SSSR count). The number of benzene rings is 1. The van der Waals surface area contributed by atoms with Gasteiger partial charge in [0, 0.05) is 32.6 Å². The molecule has 1 amide bonds. The molecule has 0 bridgehead atoms. The Morgan fingerprint density at radius 3 is 2.68 bits per heavy atom. The van der Waals surface area contributed by atoms with Crippen molar-refractivity contribution in [3.63, 3.8) is 0 Å². The zero-order chi connectivity index (χ0) is 17.4. The molecule has 0 unspecified atom stereocenters. The first kappa shape index (κ1) is 21.7. The fraction of sp³-hybridized carbons (Fsp3) is 0.579. The number of halogens is 1. The van der Waals surface area contributed by atoms with Crippen LogP contribution in [-0.2, 0) is 17.9 Å². The predicted octanol–water partition coefficient (Wildman–Crippen LogP) is 3.14. The second-order valence-electron chi connectivity index (χ2n) is 6.71. The number of hydrogen-bond donors (Lipinski definition) is 2. The number of likely N-dealkylation sites (tertiary alicyclic amines) is 1. The van der Waals surface area contributed by atoms with Crippen molar-refractivity contribution >= 4 is 35.8 Å². The van der Waals surface area contributed by atoms with Gasteiger partial charge in [0.05, 0.1) is 6.54 Å². The number of amides is 1. The van der Waals surface area contributed by atoms with Gasteiger partial charge in [-0.25, -0.2) is 4.99 Å². The number of carbonyl (C=O) groups excluding carboxylic acids is 1. The molecular weight excluding hydrogens is 427 g/mol. The summed E-state index contributed by atoms with van der Waals surface area (Å²) < 4.78 is 0. The van der Waals surface area contributed by atoms with Crippen molar-refractivity contribution in [3.05, 3.63) is 35.4 Å². The lowest BCUT2D eigenvalue weighted by atomic mass is 10.1. The van der Waals surface area contributed by atoms with Gasteiger partial charge in [-0.1, -0.05) is 38.1 Å². The van der Waals surface area contributed by atoms with Crippen molar-refractivity contribution in [3.8, 4) is 0 Å². The molecule has 1 saturated heterocycles. The monoisotopic (exact) mass is 458 g/mol. The topological polar surface area (TPSA) is 56.7 Å². The van der Waals surface area contributed by atoms with Crippen LogP contribution < -0.4 is 10.6 Å². The fourth-order valence-electron chi connectivity index (χ4n) is 2.73. The summed E-state index contributed by atoms with van der Waals surface area (Å²) in [6.07, 6.45) is 1.67.